The molecule has 30 heavy (non-hydrogen) atoms. The number of hydrogen-bond donors (Lipinski definition) is 0. The van der Waals surface area contributed by atoms with E-state index in [2.05, 4.69) is 37.3 Å². The van der Waals surface area contributed by atoms with Crippen LogP contribution in [0, 0.1) is 6.92 Å². The molecule has 1 aliphatic rings. The highest BCUT2D eigenvalue weighted by Crippen LogP contribution is 2.56. The van der Waals surface area contributed by atoms with Crippen molar-refractivity contribution in [2.24, 2.45) is 0 Å². The lowest BCUT2D eigenvalue weighted by Gasteiger charge is -2.19. The van der Waals surface area contributed by atoms with E-state index < -0.39 is 7.14 Å². The van der Waals surface area contributed by atoms with Crippen molar-refractivity contribution in [1.29, 1.82) is 0 Å². The highest BCUT2D eigenvalue weighted by Gasteiger charge is 2.42. The Bertz CT molecular complexity index is 1540. The molecule has 3 heteroatoms. The predicted molar refractivity (Wildman–Crippen MR) is 130 cm³/mol. The van der Waals surface area contributed by atoms with Crippen LogP contribution in [0.4, 0.5) is 0 Å². The molecule has 0 saturated heterocycles. The summed E-state index contributed by atoms with van der Waals surface area (Å²) in [5, 5.41) is 7.77. The maximum Gasteiger partial charge on any atom is 0.172 e. The van der Waals surface area contributed by atoms with Crippen molar-refractivity contribution >= 4 is 56.2 Å². The largest absolute Gasteiger partial charge is 0.309 e. The monoisotopic (exact) mass is 424 g/mol. The van der Waals surface area contributed by atoms with Crippen LogP contribution in [0.2, 0.25) is 5.02 Å². The second-order valence-corrected chi connectivity index (χ2v) is 11.0. The van der Waals surface area contributed by atoms with E-state index in [0.717, 1.165) is 43.2 Å². The molecule has 1 nitrogen and oxygen atoms in total. The molecule has 0 aliphatic carbocycles. The molecule has 0 radical (unpaired) electrons. The fraction of sp³-hybridized carbons (Fsp3) is 0.0370. The van der Waals surface area contributed by atoms with Gasteiger partial charge in [-0.3, -0.25) is 0 Å². The van der Waals surface area contributed by atoms with E-state index in [1.165, 1.54) is 10.9 Å². The summed E-state index contributed by atoms with van der Waals surface area (Å²) in [5.41, 5.74) is 3.36. The Kier molecular flexibility index (Phi) is 3.78. The van der Waals surface area contributed by atoms with Gasteiger partial charge in [-0.05, 0) is 46.2 Å². The van der Waals surface area contributed by atoms with Crippen LogP contribution in [0.25, 0.3) is 32.7 Å². The lowest BCUT2D eigenvalue weighted by atomic mass is 9.92. The molecule has 6 rings (SSSR count). The minimum Gasteiger partial charge on any atom is -0.309 e. The van der Waals surface area contributed by atoms with Gasteiger partial charge in [0.15, 0.2) is 7.14 Å². The zero-order valence-corrected chi connectivity index (χ0v) is 18.0. The normalized spacial score (nSPS) is 17.3. The van der Waals surface area contributed by atoms with Gasteiger partial charge in [0.25, 0.3) is 0 Å². The smallest absolute Gasteiger partial charge is 0.172 e. The summed E-state index contributed by atoms with van der Waals surface area (Å²) >= 11 is 6.46. The van der Waals surface area contributed by atoms with Crippen molar-refractivity contribution in [2.75, 3.05) is 0 Å². The van der Waals surface area contributed by atoms with E-state index in [1.54, 1.807) is 0 Å². The van der Waals surface area contributed by atoms with Gasteiger partial charge < -0.3 is 4.57 Å². The summed E-state index contributed by atoms with van der Waals surface area (Å²) in [6.07, 6.45) is 0. The summed E-state index contributed by atoms with van der Waals surface area (Å²) in [4.78, 5) is 0. The van der Waals surface area contributed by atoms with E-state index in [4.69, 9.17) is 11.6 Å². The third-order valence-corrected chi connectivity index (χ3v) is 9.58. The SMILES string of the molecule is Cc1ccc2c3c(c4cc(Cl)ccc4c2c1)P(=O)(c1ccccc1)c1ccccc1-3. The molecule has 0 bridgehead atoms. The Morgan fingerprint density at radius 3 is 2.27 bits per heavy atom. The van der Waals surface area contributed by atoms with Crippen LogP contribution >= 0.6 is 18.7 Å². The average Bonchev–Trinajstić information content (AvgIpc) is 3.05. The van der Waals surface area contributed by atoms with E-state index in [9.17, 15) is 0 Å². The maximum absolute atomic E-state index is 15.1. The third-order valence-electron chi connectivity index (χ3n) is 6.16. The zero-order chi connectivity index (χ0) is 20.5. The number of aryl methyl sites for hydroxylation is 1. The summed E-state index contributed by atoms with van der Waals surface area (Å²) in [5.74, 6) is 0. The van der Waals surface area contributed by atoms with Gasteiger partial charge in [-0.2, -0.15) is 0 Å². The van der Waals surface area contributed by atoms with Gasteiger partial charge in [0, 0.05) is 26.5 Å². The van der Waals surface area contributed by atoms with Crippen molar-refractivity contribution < 1.29 is 4.57 Å². The van der Waals surface area contributed by atoms with Gasteiger partial charge in [0.05, 0.1) is 0 Å². The van der Waals surface area contributed by atoms with Gasteiger partial charge in [0.1, 0.15) is 0 Å². The molecule has 0 saturated carbocycles. The molecule has 0 amide bonds. The Balaban J connectivity index is 1.93. The first-order chi connectivity index (χ1) is 14.6. The zero-order valence-electron chi connectivity index (χ0n) is 16.4. The summed E-state index contributed by atoms with van der Waals surface area (Å²) in [7, 11) is -3.04. The third kappa shape index (κ3) is 2.28. The lowest BCUT2D eigenvalue weighted by Crippen LogP contribution is -2.21. The summed E-state index contributed by atoms with van der Waals surface area (Å²) in [6.45, 7) is 2.11. The fourth-order valence-electron chi connectivity index (χ4n) is 4.89. The molecule has 1 atom stereocenters. The van der Waals surface area contributed by atoms with Crippen LogP contribution in [0.1, 0.15) is 5.56 Å². The van der Waals surface area contributed by atoms with Crippen molar-refractivity contribution in [3.63, 3.8) is 0 Å². The molecule has 5 aromatic carbocycles. The first-order valence-electron chi connectivity index (χ1n) is 10.0. The van der Waals surface area contributed by atoms with Crippen LogP contribution in [-0.4, -0.2) is 0 Å². The highest BCUT2D eigenvalue weighted by molar-refractivity contribution is 7.87. The number of benzene rings is 5. The number of fused-ring (bicyclic) bond motifs is 8. The minimum atomic E-state index is -3.04. The Labute approximate surface area is 180 Å². The summed E-state index contributed by atoms with van der Waals surface area (Å²) in [6, 6.07) is 30.5. The van der Waals surface area contributed by atoms with Gasteiger partial charge in [-0.15, -0.1) is 0 Å². The molecule has 1 unspecified atom stereocenters. The van der Waals surface area contributed by atoms with Crippen molar-refractivity contribution in [2.45, 2.75) is 6.92 Å². The van der Waals surface area contributed by atoms with Crippen LogP contribution in [0.5, 0.6) is 0 Å². The van der Waals surface area contributed by atoms with Crippen molar-refractivity contribution in [1.82, 2.24) is 0 Å². The van der Waals surface area contributed by atoms with Crippen LogP contribution in [0.15, 0.2) is 91.0 Å². The number of hydrogen-bond acceptors (Lipinski definition) is 1. The molecule has 0 aromatic heterocycles. The molecular formula is C27H18ClOP. The first-order valence-corrected chi connectivity index (χ1v) is 12.1. The first kappa shape index (κ1) is 18.0. The van der Waals surface area contributed by atoms with Gasteiger partial charge in [-0.25, -0.2) is 0 Å². The van der Waals surface area contributed by atoms with Gasteiger partial charge in [-0.1, -0.05) is 96.0 Å². The quantitative estimate of drug-likeness (QED) is 0.215. The fourth-order valence-corrected chi connectivity index (χ4v) is 8.34. The van der Waals surface area contributed by atoms with E-state index in [-0.39, 0.29) is 0 Å². The lowest BCUT2D eigenvalue weighted by molar-refractivity contribution is 0.593. The second kappa shape index (κ2) is 6.32. The van der Waals surface area contributed by atoms with Crippen molar-refractivity contribution in [3.8, 4) is 11.1 Å². The standard InChI is InChI=1S/C27H18ClOP/c1-17-11-13-21-23(15-17)20-14-12-18(28)16-24(20)27-26(21)22-9-5-6-10-25(22)30(27,29)19-7-3-2-4-8-19/h2-16H,1H3. The van der Waals surface area contributed by atoms with E-state index in [1.807, 2.05) is 60.7 Å². The Hall–Kier alpha value is -2.86. The van der Waals surface area contributed by atoms with Crippen LogP contribution < -0.4 is 15.9 Å². The van der Waals surface area contributed by atoms with Crippen LogP contribution in [-0.2, 0) is 4.57 Å². The molecule has 1 heterocycles. The topological polar surface area (TPSA) is 17.1 Å². The van der Waals surface area contributed by atoms with Crippen molar-refractivity contribution in [3.05, 3.63) is 102 Å². The summed E-state index contributed by atoms with van der Waals surface area (Å²) < 4.78 is 15.1. The highest BCUT2D eigenvalue weighted by atomic mass is 35.5. The minimum absolute atomic E-state index is 0.660. The predicted octanol–water partition coefficient (Wildman–Crippen LogP) is 6.57. The molecular weight excluding hydrogens is 407 g/mol. The van der Waals surface area contributed by atoms with Gasteiger partial charge >= 0.3 is 0 Å². The second-order valence-electron chi connectivity index (χ2n) is 7.92. The molecule has 144 valence electrons. The molecule has 0 spiro atoms. The Morgan fingerprint density at radius 1 is 0.700 bits per heavy atom. The Morgan fingerprint density at radius 2 is 1.43 bits per heavy atom. The molecule has 0 N–H and O–H groups in total. The van der Waals surface area contributed by atoms with Gasteiger partial charge in [0.2, 0.25) is 0 Å². The molecule has 0 fully saturated rings. The van der Waals surface area contributed by atoms with Crippen LogP contribution in [0.3, 0.4) is 0 Å². The molecule has 5 aromatic rings. The maximum atomic E-state index is 15.1. The van der Waals surface area contributed by atoms with E-state index in [0.29, 0.717) is 5.02 Å². The number of halogens is 1. The molecule has 1 aliphatic heterocycles. The number of rotatable bonds is 1. The van der Waals surface area contributed by atoms with E-state index >= 15 is 4.57 Å². The average molecular weight is 425 g/mol.